The average Bonchev–Trinajstić information content (AvgIpc) is 3.06. The van der Waals surface area contributed by atoms with Crippen molar-refractivity contribution in [1.82, 2.24) is 4.90 Å². The Kier molecular flexibility index (Phi) is 5.30. The predicted molar refractivity (Wildman–Crippen MR) is 95.5 cm³/mol. The number of amides is 1. The van der Waals surface area contributed by atoms with Gasteiger partial charge in [0.05, 0.1) is 14.2 Å². The number of hydrogen-bond acceptors (Lipinski definition) is 4. The number of carbonyl (C=O) groups is 1. The summed E-state index contributed by atoms with van der Waals surface area (Å²) in [5.74, 6) is 1.87. The molecule has 1 amide bonds. The number of hydrogen-bond donors (Lipinski definition) is 0. The fourth-order valence-corrected chi connectivity index (χ4v) is 3.97. The highest BCUT2D eigenvalue weighted by Crippen LogP contribution is 2.40. The van der Waals surface area contributed by atoms with Crippen LogP contribution < -0.4 is 9.47 Å². The molecule has 0 aliphatic carbocycles. The van der Waals surface area contributed by atoms with Gasteiger partial charge in [0.2, 0.25) is 5.91 Å². The van der Waals surface area contributed by atoms with Crippen LogP contribution in [-0.4, -0.2) is 31.6 Å². The van der Waals surface area contributed by atoms with Gasteiger partial charge in [0.25, 0.3) is 0 Å². The van der Waals surface area contributed by atoms with E-state index < -0.39 is 0 Å². The van der Waals surface area contributed by atoms with Crippen molar-refractivity contribution in [3.05, 3.63) is 54.1 Å². The van der Waals surface area contributed by atoms with Crippen molar-refractivity contribution < 1.29 is 14.3 Å². The first-order valence-corrected chi connectivity index (χ1v) is 8.83. The SMILES string of the molecule is COc1ccc(SC(c2ccc(OC)cc2)N2CCCC2=O)cc1. The molecule has 0 bridgehead atoms. The number of rotatable bonds is 6. The molecule has 24 heavy (non-hydrogen) atoms. The Hall–Kier alpha value is -2.14. The third-order valence-corrected chi connectivity index (χ3v) is 5.40. The van der Waals surface area contributed by atoms with Crippen molar-refractivity contribution in [2.75, 3.05) is 20.8 Å². The van der Waals surface area contributed by atoms with E-state index in [1.807, 2.05) is 53.4 Å². The van der Waals surface area contributed by atoms with Gasteiger partial charge < -0.3 is 14.4 Å². The van der Waals surface area contributed by atoms with Crippen molar-refractivity contribution in [2.45, 2.75) is 23.1 Å². The summed E-state index contributed by atoms with van der Waals surface area (Å²) >= 11 is 1.68. The highest BCUT2D eigenvalue weighted by atomic mass is 32.2. The van der Waals surface area contributed by atoms with E-state index in [9.17, 15) is 4.79 Å². The Morgan fingerprint density at radius 1 is 0.958 bits per heavy atom. The van der Waals surface area contributed by atoms with E-state index in [1.165, 1.54) is 0 Å². The number of ether oxygens (including phenoxy) is 2. The molecule has 4 nitrogen and oxygen atoms in total. The van der Waals surface area contributed by atoms with Crippen molar-refractivity contribution in [2.24, 2.45) is 0 Å². The average molecular weight is 343 g/mol. The number of nitrogens with zero attached hydrogens (tertiary/aromatic N) is 1. The van der Waals surface area contributed by atoms with Crippen LogP contribution in [0.25, 0.3) is 0 Å². The van der Waals surface area contributed by atoms with Crippen molar-refractivity contribution >= 4 is 17.7 Å². The molecular weight excluding hydrogens is 322 g/mol. The maximum absolute atomic E-state index is 12.3. The second-order valence-electron chi connectivity index (χ2n) is 5.61. The van der Waals surface area contributed by atoms with E-state index in [2.05, 4.69) is 0 Å². The maximum Gasteiger partial charge on any atom is 0.223 e. The molecule has 0 aromatic heterocycles. The van der Waals surface area contributed by atoms with Crippen LogP contribution in [0.1, 0.15) is 23.8 Å². The summed E-state index contributed by atoms with van der Waals surface area (Å²) in [5.41, 5.74) is 1.10. The highest BCUT2D eigenvalue weighted by molar-refractivity contribution is 7.99. The number of likely N-dealkylation sites (tertiary alicyclic amines) is 1. The normalized spacial score (nSPS) is 15.4. The Balaban J connectivity index is 1.87. The summed E-state index contributed by atoms with van der Waals surface area (Å²) in [5, 5.41) is -0.0284. The van der Waals surface area contributed by atoms with Gasteiger partial charge in [-0.25, -0.2) is 0 Å². The van der Waals surface area contributed by atoms with Gasteiger partial charge >= 0.3 is 0 Å². The number of thioether (sulfide) groups is 1. The van der Waals surface area contributed by atoms with Gasteiger partial charge in [-0.3, -0.25) is 4.79 Å². The smallest absolute Gasteiger partial charge is 0.223 e. The van der Waals surface area contributed by atoms with Crippen LogP contribution in [0.4, 0.5) is 0 Å². The first-order chi connectivity index (χ1) is 11.7. The van der Waals surface area contributed by atoms with Gasteiger partial charge in [0.1, 0.15) is 16.9 Å². The largest absolute Gasteiger partial charge is 0.497 e. The molecule has 0 spiro atoms. The van der Waals surface area contributed by atoms with Gasteiger partial charge in [-0.1, -0.05) is 23.9 Å². The van der Waals surface area contributed by atoms with Crippen LogP contribution in [0.2, 0.25) is 0 Å². The molecule has 1 saturated heterocycles. The van der Waals surface area contributed by atoms with E-state index >= 15 is 0 Å². The molecule has 5 heteroatoms. The van der Waals surface area contributed by atoms with E-state index in [1.54, 1.807) is 26.0 Å². The predicted octanol–water partition coefficient (Wildman–Crippen LogP) is 4.12. The summed E-state index contributed by atoms with van der Waals surface area (Å²) < 4.78 is 10.5. The van der Waals surface area contributed by atoms with Gasteiger partial charge in [-0.2, -0.15) is 0 Å². The molecule has 0 saturated carbocycles. The fraction of sp³-hybridized carbons (Fsp3) is 0.316. The fourth-order valence-electron chi connectivity index (χ4n) is 2.78. The second-order valence-corrected chi connectivity index (χ2v) is 6.76. The van der Waals surface area contributed by atoms with Crippen molar-refractivity contribution in [3.63, 3.8) is 0 Å². The third-order valence-electron chi connectivity index (χ3n) is 4.10. The standard InChI is InChI=1S/C19H21NO3S/c1-22-15-7-5-14(6-8-15)19(20-13-3-4-18(20)21)24-17-11-9-16(23-2)10-12-17/h5-12,19H,3-4,13H2,1-2H3. The molecule has 2 aromatic rings. The van der Waals surface area contributed by atoms with Crippen LogP contribution in [0.5, 0.6) is 11.5 Å². The monoisotopic (exact) mass is 343 g/mol. The molecule has 0 N–H and O–H groups in total. The van der Waals surface area contributed by atoms with Crippen LogP contribution >= 0.6 is 11.8 Å². The molecule has 3 rings (SSSR count). The lowest BCUT2D eigenvalue weighted by Gasteiger charge is -2.28. The van der Waals surface area contributed by atoms with Crippen LogP contribution in [0, 0.1) is 0 Å². The maximum atomic E-state index is 12.3. The topological polar surface area (TPSA) is 38.8 Å². The van der Waals surface area contributed by atoms with Crippen molar-refractivity contribution in [1.29, 1.82) is 0 Å². The molecule has 1 atom stereocenters. The molecule has 1 aliphatic heterocycles. The van der Waals surface area contributed by atoms with Gasteiger partial charge in [0.15, 0.2) is 0 Å². The quantitative estimate of drug-likeness (QED) is 0.740. The number of methoxy groups -OCH3 is 2. The molecule has 126 valence electrons. The van der Waals surface area contributed by atoms with Crippen molar-refractivity contribution in [3.8, 4) is 11.5 Å². The first kappa shape index (κ1) is 16.7. The van der Waals surface area contributed by atoms with E-state index in [0.717, 1.165) is 34.9 Å². The van der Waals surface area contributed by atoms with Gasteiger partial charge in [-0.05, 0) is 48.4 Å². The molecule has 1 unspecified atom stereocenters. The van der Waals surface area contributed by atoms with Crippen LogP contribution in [0.3, 0.4) is 0 Å². The Morgan fingerprint density at radius 2 is 1.54 bits per heavy atom. The van der Waals surface area contributed by atoms with E-state index in [-0.39, 0.29) is 11.3 Å². The Labute approximate surface area is 146 Å². The highest BCUT2D eigenvalue weighted by Gasteiger charge is 2.29. The van der Waals surface area contributed by atoms with E-state index in [4.69, 9.17) is 9.47 Å². The van der Waals surface area contributed by atoms with E-state index in [0.29, 0.717) is 6.42 Å². The molecule has 1 fully saturated rings. The minimum absolute atomic E-state index is 0.0284. The third kappa shape index (κ3) is 3.67. The molecule has 1 aliphatic rings. The van der Waals surface area contributed by atoms with Crippen LogP contribution in [0.15, 0.2) is 53.4 Å². The molecular formula is C19H21NO3S. The second kappa shape index (κ2) is 7.62. The first-order valence-electron chi connectivity index (χ1n) is 7.95. The molecule has 2 aromatic carbocycles. The zero-order chi connectivity index (χ0) is 16.9. The van der Waals surface area contributed by atoms with Crippen LogP contribution in [-0.2, 0) is 4.79 Å². The minimum Gasteiger partial charge on any atom is -0.497 e. The lowest BCUT2D eigenvalue weighted by molar-refractivity contribution is -0.128. The zero-order valence-electron chi connectivity index (χ0n) is 13.9. The minimum atomic E-state index is -0.0284. The lowest BCUT2D eigenvalue weighted by Crippen LogP contribution is -2.27. The number of benzene rings is 2. The summed E-state index contributed by atoms with van der Waals surface area (Å²) in [6, 6.07) is 15.9. The summed E-state index contributed by atoms with van der Waals surface area (Å²) in [6.45, 7) is 0.804. The summed E-state index contributed by atoms with van der Waals surface area (Å²) in [6.07, 6.45) is 1.56. The Bertz CT molecular complexity index is 685. The summed E-state index contributed by atoms with van der Waals surface area (Å²) in [7, 11) is 3.31. The summed E-state index contributed by atoms with van der Waals surface area (Å²) in [4.78, 5) is 15.3. The number of carbonyl (C=O) groups excluding carboxylic acids is 1. The van der Waals surface area contributed by atoms with Gasteiger partial charge in [-0.15, -0.1) is 0 Å². The van der Waals surface area contributed by atoms with Gasteiger partial charge in [0, 0.05) is 17.9 Å². The molecule has 0 radical (unpaired) electrons. The Morgan fingerprint density at radius 3 is 2.04 bits per heavy atom. The molecule has 1 heterocycles. The lowest BCUT2D eigenvalue weighted by atomic mass is 10.2. The zero-order valence-corrected chi connectivity index (χ0v) is 14.7.